The van der Waals surface area contributed by atoms with E-state index in [1.165, 1.54) is 0 Å². The molecular weight excluding hydrogens is 436 g/mol. The summed E-state index contributed by atoms with van der Waals surface area (Å²) in [5.41, 5.74) is 8.82. The van der Waals surface area contributed by atoms with Crippen LogP contribution in [0.15, 0.2) is 34.8 Å². The molecule has 0 bridgehead atoms. The van der Waals surface area contributed by atoms with Crippen LogP contribution in [0, 0.1) is 27.7 Å². The summed E-state index contributed by atoms with van der Waals surface area (Å²) in [5, 5.41) is 0. The molecule has 29 heavy (non-hydrogen) atoms. The van der Waals surface area contributed by atoms with Gasteiger partial charge in [0.25, 0.3) is 11.8 Å². The molecule has 0 heterocycles. The van der Waals surface area contributed by atoms with Crippen LogP contribution in [-0.4, -0.2) is 24.0 Å². The van der Waals surface area contributed by atoms with E-state index in [1.54, 1.807) is 13.8 Å². The number of nitrogens with one attached hydrogen (secondary N) is 2. The van der Waals surface area contributed by atoms with Crippen LogP contribution in [0.1, 0.15) is 36.1 Å². The summed E-state index contributed by atoms with van der Waals surface area (Å²) in [7, 11) is 0. The molecule has 2 unspecified atom stereocenters. The van der Waals surface area contributed by atoms with Gasteiger partial charge in [0.2, 0.25) is 0 Å². The molecule has 2 N–H and O–H groups in total. The van der Waals surface area contributed by atoms with Crippen LogP contribution in [-0.2, 0) is 9.59 Å². The third-order valence-electron chi connectivity index (χ3n) is 4.56. The predicted octanol–water partition coefficient (Wildman–Crippen LogP) is 4.06. The Labute approximate surface area is 180 Å². The molecule has 7 heteroatoms. The maximum atomic E-state index is 12.3. The molecule has 0 aromatic heterocycles. The lowest BCUT2D eigenvalue weighted by molar-refractivity contribution is -0.135. The highest BCUT2D eigenvalue weighted by Gasteiger charge is 2.20. The highest BCUT2D eigenvalue weighted by molar-refractivity contribution is 9.10. The van der Waals surface area contributed by atoms with Crippen LogP contribution >= 0.6 is 15.9 Å². The van der Waals surface area contributed by atoms with Crippen molar-refractivity contribution in [1.82, 2.24) is 10.9 Å². The molecule has 0 aliphatic rings. The Balaban J connectivity index is 1.88. The lowest BCUT2D eigenvalue weighted by Gasteiger charge is -2.20. The SMILES string of the molecule is Cc1ccc(OC(C)C(=O)NNC(=O)C(C)Oc2c(C)cc(Br)cc2C)cc1C. The minimum atomic E-state index is -0.787. The number of carbonyl (C=O) groups excluding carboxylic acids is 2. The van der Waals surface area contributed by atoms with Gasteiger partial charge in [-0.25, -0.2) is 0 Å². The van der Waals surface area contributed by atoms with Crippen molar-refractivity contribution in [2.45, 2.75) is 53.8 Å². The molecule has 2 atom stereocenters. The normalized spacial score (nSPS) is 12.7. The van der Waals surface area contributed by atoms with Gasteiger partial charge in [-0.05, 0) is 88.1 Å². The van der Waals surface area contributed by atoms with Gasteiger partial charge >= 0.3 is 0 Å². The van der Waals surface area contributed by atoms with E-state index in [4.69, 9.17) is 9.47 Å². The lowest BCUT2D eigenvalue weighted by atomic mass is 10.1. The molecule has 2 aromatic carbocycles. The van der Waals surface area contributed by atoms with Crippen LogP contribution in [0.2, 0.25) is 0 Å². The van der Waals surface area contributed by atoms with E-state index in [-0.39, 0.29) is 0 Å². The topological polar surface area (TPSA) is 76.7 Å². The second-order valence-corrected chi connectivity index (χ2v) is 8.03. The van der Waals surface area contributed by atoms with Gasteiger partial charge < -0.3 is 9.47 Å². The lowest BCUT2D eigenvalue weighted by Crippen LogP contribution is -2.50. The van der Waals surface area contributed by atoms with Crippen molar-refractivity contribution >= 4 is 27.7 Å². The fourth-order valence-electron chi connectivity index (χ4n) is 2.68. The minimum absolute atomic E-state index is 0.459. The number of ether oxygens (including phenoxy) is 2. The van der Waals surface area contributed by atoms with Crippen LogP contribution in [0.3, 0.4) is 0 Å². The first-order chi connectivity index (χ1) is 13.6. The van der Waals surface area contributed by atoms with Gasteiger partial charge in [0.1, 0.15) is 11.5 Å². The van der Waals surface area contributed by atoms with Crippen molar-refractivity contribution in [1.29, 1.82) is 0 Å². The number of aryl methyl sites for hydroxylation is 4. The van der Waals surface area contributed by atoms with Crippen molar-refractivity contribution in [2.75, 3.05) is 0 Å². The third kappa shape index (κ3) is 6.22. The molecule has 0 fully saturated rings. The summed E-state index contributed by atoms with van der Waals surface area (Å²) in [4.78, 5) is 24.5. The second kappa shape index (κ2) is 9.78. The van der Waals surface area contributed by atoms with Crippen molar-refractivity contribution in [3.8, 4) is 11.5 Å². The quantitative estimate of drug-likeness (QED) is 0.634. The maximum absolute atomic E-state index is 12.3. The minimum Gasteiger partial charge on any atom is -0.481 e. The summed E-state index contributed by atoms with van der Waals surface area (Å²) >= 11 is 3.43. The number of carbonyl (C=O) groups is 2. The molecule has 2 aromatic rings. The van der Waals surface area contributed by atoms with Crippen LogP contribution in [0.5, 0.6) is 11.5 Å². The molecule has 156 valence electrons. The standard InChI is InChI=1S/C22H27BrN2O4/c1-12-7-8-19(11-13(12)2)28-16(5)21(26)24-25-22(27)17(6)29-20-14(3)9-18(23)10-15(20)4/h7-11,16-17H,1-6H3,(H,24,26)(H,25,27). The predicted molar refractivity (Wildman–Crippen MR) is 116 cm³/mol. The Kier molecular flexibility index (Phi) is 7.67. The monoisotopic (exact) mass is 462 g/mol. The number of halogens is 1. The molecule has 0 radical (unpaired) electrons. The molecule has 0 aliphatic carbocycles. The zero-order valence-corrected chi connectivity index (χ0v) is 19.1. The van der Waals surface area contributed by atoms with E-state index < -0.39 is 24.0 Å². The largest absolute Gasteiger partial charge is 0.481 e. The molecule has 6 nitrogen and oxygen atoms in total. The molecule has 2 rings (SSSR count). The molecule has 0 aliphatic heterocycles. The van der Waals surface area contributed by atoms with Crippen molar-refractivity contribution < 1.29 is 19.1 Å². The number of hydrogen-bond donors (Lipinski definition) is 2. The smallest absolute Gasteiger partial charge is 0.279 e. The first-order valence-electron chi connectivity index (χ1n) is 9.35. The highest BCUT2D eigenvalue weighted by atomic mass is 79.9. The van der Waals surface area contributed by atoms with E-state index in [1.807, 2.05) is 58.0 Å². The van der Waals surface area contributed by atoms with Gasteiger partial charge in [-0.1, -0.05) is 22.0 Å². The first kappa shape index (κ1) is 22.7. The number of amides is 2. The van der Waals surface area contributed by atoms with Gasteiger partial charge in [0.05, 0.1) is 0 Å². The molecular formula is C22H27BrN2O4. The summed E-state index contributed by atoms with van der Waals surface area (Å²) in [5.74, 6) is 0.326. The summed E-state index contributed by atoms with van der Waals surface area (Å²) < 4.78 is 12.4. The summed E-state index contributed by atoms with van der Waals surface area (Å²) in [6, 6.07) is 9.45. The van der Waals surface area contributed by atoms with Crippen LogP contribution < -0.4 is 20.3 Å². The van der Waals surface area contributed by atoms with Gasteiger partial charge in [-0.2, -0.15) is 0 Å². The number of hydrogen-bond acceptors (Lipinski definition) is 4. The average Bonchev–Trinajstić information content (AvgIpc) is 2.65. The van der Waals surface area contributed by atoms with Gasteiger partial charge in [-0.3, -0.25) is 20.4 Å². The molecule has 0 saturated heterocycles. The highest BCUT2D eigenvalue weighted by Crippen LogP contribution is 2.28. The van der Waals surface area contributed by atoms with Gasteiger partial charge in [0.15, 0.2) is 12.2 Å². The number of hydrazine groups is 1. The Morgan fingerprint density at radius 3 is 1.83 bits per heavy atom. The van der Waals surface area contributed by atoms with Crippen molar-refractivity contribution in [2.24, 2.45) is 0 Å². The fraction of sp³-hybridized carbons (Fsp3) is 0.364. The van der Waals surface area contributed by atoms with Crippen LogP contribution in [0.25, 0.3) is 0 Å². The Hall–Kier alpha value is -2.54. The first-order valence-corrected chi connectivity index (χ1v) is 10.1. The van der Waals surface area contributed by atoms with E-state index in [0.717, 1.165) is 26.7 Å². The van der Waals surface area contributed by atoms with Crippen molar-refractivity contribution in [3.63, 3.8) is 0 Å². The fourth-order valence-corrected chi connectivity index (χ4v) is 3.37. The Bertz CT molecular complexity index is 891. The molecule has 2 amide bonds. The molecule has 0 saturated carbocycles. The Morgan fingerprint density at radius 1 is 0.793 bits per heavy atom. The number of benzene rings is 2. The third-order valence-corrected chi connectivity index (χ3v) is 5.02. The van der Waals surface area contributed by atoms with Gasteiger partial charge in [-0.15, -0.1) is 0 Å². The summed E-state index contributed by atoms with van der Waals surface area (Å²) in [6.07, 6.45) is -1.56. The maximum Gasteiger partial charge on any atom is 0.279 e. The van der Waals surface area contributed by atoms with E-state index in [9.17, 15) is 9.59 Å². The van der Waals surface area contributed by atoms with E-state index in [0.29, 0.717) is 11.5 Å². The van der Waals surface area contributed by atoms with E-state index >= 15 is 0 Å². The van der Waals surface area contributed by atoms with Crippen LogP contribution in [0.4, 0.5) is 0 Å². The van der Waals surface area contributed by atoms with Crippen molar-refractivity contribution in [3.05, 3.63) is 57.1 Å². The zero-order valence-electron chi connectivity index (χ0n) is 17.6. The average molecular weight is 463 g/mol. The number of rotatable bonds is 6. The Morgan fingerprint density at radius 2 is 1.31 bits per heavy atom. The van der Waals surface area contributed by atoms with Gasteiger partial charge in [0, 0.05) is 4.47 Å². The molecule has 0 spiro atoms. The van der Waals surface area contributed by atoms with E-state index in [2.05, 4.69) is 26.8 Å². The summed E-state index contributed by atoms with van der Waals surface area (Å²) in [6.45, 7) is 11.0. The second-order valence-electron chi connectivity index (χ2n) is 7.11. The zero-order chi connectivity index (χ0) is 21.7.